The first kappa shape index (κ1) is 47.1. The normalized spacial score (nSPS) is 17.4. The van der Waals surface area contributed by atoms with Crippen molar-refractivity contribution >= 4 is 43.3 Å². The number of hydrogen-bond acceptors (Lipinski definition) is 12. The van der Waals surface area contributed by atoms with Crippen molar-refractivity contribution in [3.63, 3.8) is 0 Å². The summed E-state index contributed by atoms with van der Waals surface area (Å²) in [5.74, 6) is 1.92. The second-order valence-corrected chi connectivity index (χ2v) is 18.4. The van der Waals surface area contributed by atoms with Crippen LogP contribution in [0.3, 0.4) is 0 Å². The molecule has 4 atom stereocenters. The minimum atomic E-state index is -1.56. The summed E-state index contributed by atoms with van der Waals surface area (Å²) in [6, 6.07) is 26.2. The Morgan fingerprint density at radius 2 is 1.55 bits per heavy atom. The first-order valence-electron chi connectivity index (χ1n) is 21.2. The van der Waals surface area contributed by atoms with E-state index in [1.165, 1.54) is 0 Å². The average molecular weight is 889 g/mol. The maximum atomic E-state index is 13.3. The fraction of sp³-hybridized carbons (Fsp3) is 0.478. The number of nitrogens with one attached hydrogen (secondary N) is 2. The van der Waals surface area contributed by atoms with Gasteiger partial charge in [-0.05, 0) is 93.5 Å². The summed E-state index contributed by atoms with van der Waals surface area (Å²) in [5, 5.41) is 2.72. The number of fused-ring (bicyclic) bond motifs is 1. The van der Waals surface area contributed by atoms with Crippen molar-refractivity contribution in [3.8, 4) is 11.5 Å². The van der Waals surface area contributed by atoms with Crippen molar-refractivity contribution in [2.45, 2.75) is 96.9 Å². The van der Waals surface area contributed by atoms with E-state index in [9.17, 15) is 9.59 Å². The molecule has 0 spiro atoms. The first-order chi connectivity index (χ1) is 29.9. The molecule has 1 aliphatic rings. The number of carbonyl (C=O) groups is 1. The second kappa shape index (κ2) is 21.8. The van der Waals surface area contributed by atoms with Crippen LogP contribution in [0.5, 0.6) is 11.5 Å². The van der Waals surface area contributed by atoms with Gasteiger partial charge in [-0.25, -0.2) is 9.65 Å². The van der Waals surface area contributed by atoms with Crippen molar-refractivity contribution in [3.05, 3.63) is 112 Å². The van der Waals surface area contributed by atoms with Crippen LogP contribution in [0.1, 0.15) is 83.7 Å². The Hall–Kier alpha value is -4.34. The molecule has 3 aromatic carbocycles. The molecule has 1 saturated heterocycles. The number of carbonyl (C=O) groups excluding carboxylic acids is 1. The number of methoxy groups -OCH3 is 2. The van der Waals surface area contributed by atoms with Crippen LogP contribution in [0, 0.1) is 5.92 Å². The lowest BCUT2D eigenvalue weighted by Gasteiger charge is -2.39. The van der Waals surface area contributed by atoms with Crippen LogP contribution < -0.4 is 20.3 Å². The van der Waals surface area contributed by atoms with Crippen LogP contribution in [-0.2, 0) is 28.9 Å². The van der Waals surface area contributed by atoms with Crippen molar-refractivity contribution in [2.75, 3.05) is 44.8 Å². The van der Waals surface area contributed by atoms with E-state index in [0.29, 0.717) is 13.0 Å². The number of thioether (sulfide) groups is 1. The van der Waals surface area contributed by atoms with E-state index in [-0.39, 0.29) is 47.6 Å². The van der Waals surface area contributed by atoms with Gasteiger partial charge in [0, 0.05) is 24.4 Å². The third kappa shape index (κ3) is 10.9. The quantitative estimate of drug-likeness (QED) is 0.0388. The van der Waals surface area contributed by atoms with E-state index in [1.807, 2.05) is 78.5 Å². The van der Waals surface area contributed by atoms with Gasteiger partial charge in [0.2, 0.25) is 11.9 Å². The number of ether oxygens (including phenoxy) is 4. The number of unbranched alkanes of at least 4 members (excludes halogenated alkanes) is 1. The molecule has 1 unspecified atom stereocenters. The molecule has 0 aliphatic carbocycles. The topological polar surface area (TPSA) is 151 Å². The standard InChI is InChI=1S/C46H61N6O8PS/c1-30(2)43(53)49-45-48-42-41(44(54)50-45)47-29-51(42)40-27-38(60-61(52(31(3)4)32(5)6)58-25-13-14-26-62-9)39(59-40)28-57-46(33-15-11-10-12-16-33,34-17-21-36(55-7)22-18-34)35-19-23-37(56-8)24-20-35/h10-12,15-24,29-32,38-40H,13-14,25-28H2,1-9H3,(H2,48,49,50,53,54)/t38-,39+,40+,61?/m0/s1. The largest absolute Gasteiger partial charge is 0.497 e. The van der Waals surface area contributed by atoms with Gasteiger partial charge in [0.25, 0.3) is 14.1 Å². The highest BCUT2D eigenvalue weighted by atomic mass is 32.2. The van der Waals surface area contributed by atoms with E-state index in [0.717, 1.165) is 46.8 Å². The van der Waals surface area contributed by atoms with Crippen molar-refractivity contribution in [2.24, 2.45) is 5.92 Å². The molecule has 2 aromatic heterocycles. The van der Waals surface area contributed by atoms with Crippen molar-refractivity contribution < 1.29 is 32.8 Å². The summed E-state index contributed by atoms with van der Waals surface area (Å²) >= 11 is 1.82. The van der Waals surface area contributed by atoms with Crippen LogP contribution in [0.4, 0.5) is 5.95 Å². The summed E-state index contributed by atoms with van der Waals surface area (Å²) in [5.41, 5.74) is 1.46. The molecule has 334 valence electrons. The Morgan fingerprint density at radius 1 is 0.935 bits per heavy atom. The maximum absolute atomic E-state index is 13.3. The van der Waals surface area contributed by atoms with Gasteiger partial charge < -0.3 is 28.0 Å². The Labute approximate surface area is 370 Å². The number of rotatable bonds is 22. The Morgan fingerprint density at radius 3 is 2.11 bits per heavy atom. The lowest BCUT2D eigenvalue weighted by molar-refractivity contribution is -0.118. The summed E-state index contributed by atoms with van der Waals surface area (Å²) in [4.78, 5) is 37.7. The number of benzene rings is 3. The number of imidazole rings is 1. The molecule has 3 heterocycles. The monoisotopic (exact) mass is 888 g/mol. The highest BCUT2D eigenvalue weighted by Gasteiger charge is 2.45. The zero-order valence-corrected chi connectivity index (χ0v) is 38.9. The third-order valence-electron chi connectivity index (χ3n) is 10.7. The second-order valence-electron chi connectivity index (χ2n) is 16.0. The van der Waals surface area contributed by atoms with Gasteiger partial charge in [-0.2, -0.15) is 16.7 Å². The summed E-state index contributed by atoms with van der Waals surface area (Å²) in [6.45, 7) is 12.8. The molecule has 5 aromatic rings. The van der Waals surface area contributed by atoms with Gasteiger partial charge in [-0.1, -0.05) is 68.4 Å². The van der Waals surface area contributed by atoms with Crippen LogP contribution in [0.25, 0.3) is 11.2 Å². The van der Waals surface area contributed by atoms with Crippen LogP contribution >= 0.6 is 20.3 Å². The van der Waals surface area contributed by atoms with Crippen molar-refractivity contribution in [1.82, 2.24) is 24.2 Å². The summed E-state index contributed by atoms with van der Waals surface area (Å²) in [7, 11) is 1.73. The Kier molecular flexibility index (Phi) is 16.6. The zero-order chi connectivity index (χ0) is 44.4. The van der Waals surface area contributed by atoms with Crippen LogP contribution in [0.2, 0.25) is 0 Å². The van der Waals surface area contributed by atoms with E-state index >= 15 is 0 Å². The van der Waals surface area contributed by atoms with E-state index in [4.69, 9.17) is 28.0 Å². The van der Waals surface area contributed by atoms with E-state index < -0.39 is 38.1 Å². The summed E-state index contributed by atoms with van der Waals surface area (Å²) < 4.78 is 43.4. The van der Waals surface area contributed by atoms with Crippen LogP contribution in [0.15, 0.2) is 90.0 Å². The molecule has 0 radical (unpaired) electrons. The molecule has 14 nitrogen and oxygen atoms in total. The van der Waals surface area contributed by atoms with Gasteiger partial charge in [0.05, 0.1) is 39.9 Å². The van der Waals surface area contributed by atoms with E-state index in [1.54, 1.807) is 39.0 Å². The smallest absolute Gasteiger partial charge is 0.280 e. The summed E-state index contributed by atoms with van der Waals surface area (Å²) in [6.07, 6.45) is 4.14. The van der Waals surface area contributed by atoms with Gasteiger partial charge >= 0.3 is 0 Å². The minimum absolute atomic E-state index is 0.0307. The highest BCUT2D eigenvalue weighted by molar-refractivity contribution is 7.98. The maximum Gasteiger partial charge on any atom is 0.280 e. The minimum Gasteiger partial charge on any atom is -0.497 e. The lowest BCUT2D eigenvalue weighted by Crippen LogP contribution is -2.39. The fourth-order valence-electron chi connectivity index (χ4n) is 7.60. The fourth-order valence-corrected chi connectivity index (χ4v) is 9.89. The van der Waals surface area contributed by atoms with Gasteiger partial charge in [-0.15, -0.1) is 0 Å². The number of amides is 1. The number of anilines is 1. The predicted molar refractivity (Wildman–Crippen MR) is 246 cm³/mol. The molecule has 16 heteroatoms. The number of hydrogen-bond donors (Lipinski definition) is 2. The van der Waals surface area contributed by atoms with Gasteiger partial charge in [0.1, 0.15) is 29.4 Å². The van der Waals surface area contributed by atoms with Crippen LogP contribution in [-0.4, -0.2) is 93.8 Å². The molecule has 0 saturated carbocycles. The number of aromatic amines is 1. The molecule has 2 N–H and O–H groups in total. The first-order valence-corrected chi connectivity index (χ1v) is 23.7. The molecular weight excluding hydrogens is 828 g/mol. The molecule has 6 rings (SSSR count). The predicted octanol–water partition coefficient (Wildman–Crippen LogP) is 8.92. The molecule has 62 heavy (non-hydrogen) atoms. The number of aromatic nitrogens is 4. The average Bonchev–Trinajstić information content (AvgIpc) is 3.88. The Balaban J connectivity index is 1.43. The third-order valence-corrected chi connectivity index (χ3v) is 13.6. The molecule has 1 aliphatic heterocycles. The lowest BCUT2D eigenvalue weighted by atomic mass is 9.80. The van der Waals surface area contributed by atoms with Gasteiger partial charge in [0.15, 0.2) is 11.2 Å². The van der Waals surface area contributed by atoms with E-state index in [2.05, 4.69) is 71.0 Å². The molecule has 0 bridgehead atoms. The number of nitrogens with zero attached hydrogens (tertiary/aromatic N) is 4. The van der Waals surface area contributed by atoms with Gasteiger partial charge in [-0.3, -0.25) is 24.5 Å². The highest BCUT2D eigenvalue weighted by Crippen LogP contribution is 2.51. The zero-order valence-electron chi connectivity index (χ0n) is 37.2. The Bertz CT molecular complexity index is 2180. The van der Waals surface area contributed by atoms with Crippen molar-refractivity contribution in [1.29, 1.82) is 0 Å². The number of H-pyrrole nitrogens is 1. The molecule has 1 fully saturated rings. The molecular formula is C46H61N6O8PS. The molecule has 1 amide bonds. The SMILES string of the molecule is COc1ccc(C(OC[C@H]2O[C@@H](n3cnc4c(=O)[nH]c(NC(=O)C(C)C)nc43)C[C@@H]2OP(OCCCCSC)N(C(C)C)C(C)C)(c2ccccc2)c2ccc(OC)cc2)cc1.